The average Bonchev–Trinajstić information content (AvgIpc) is 3.37. The van der Waals surface area contributed by atoms with Crippen molar-refractivity contribution in [2.24, 2.45) is 0 Å². The van der Waals surface area contributed by atoms with Gasteiger partial charge in [0.1, 0.15) is 11.8 Å². The lowest BCUT2D eigenvalue weighted by molar-refractivity contribution is -0.126. The summed E-state index contributed by atoms with van der Waals surface area (Å²) < 4.78 is 16.3. The second-order valence-electron chi connectivity index (χ2n) is 8.29. The van der Waals surface area contributed by atoms with E-state index in [4.69, 9.17) is 14.2 Å². The number of aromatic hydroxyl groups is 1. The molecule has 1 aliphatic rings. The van der Waals surface area contributed by atoms with Crippen molar-refractivity contribution in [1.29, 1.82) is 0 Å². The maximum atomic E-state index is 13.8. The number of carbonyl (C=O) groups excluding carboxylic acids is 2. The molecule has 0 fully saturated rings. The van der Waals surface area contributed by atoms with Crippen molar-refractivity contribution in [1.82, 2.24) is 10.2 Å². The molecule has 1 atom stereocenters. The van der Waals surface area contributed by atoms with Crippen molar-refractivity contribution < 1.29 is 28.9 Å². The first-order valence-electron chi connectivity index (χ1n) is 12.0. The van der Waals surface area contributed by atoms with E-state index in [1.807, 2.05) is 43.3 Å². The Morgan fingerprint density at radius 1 is 1.03 bits per heavy atom. The smallest absolute Gasteiger partial charge is 0.258 e. The van der Waals surface area contributed by atoms with Crippen molar-refractivity contribution in [2.45, 2.75) is 25.9 Å². The van der Waals surface area contributed by atoms with Crippen LogP contribution in [0.4, 0.5) is 0 Å². The minimum Gasteiger partial charge on any atom is -0.507 e. The minimum atomic E-state index is -0.934. The highest BCUT2D eigenvalue weighted by Gasteiger charge is 2.33. The number of rotatable bonds is 11. The molecular weight excluding hydrogens is 460 g/mol. The van der Waals surface area contributed by atoms with Gasteiger partial charge in [-0.25, -0.2) is 0 Å². The van der Waals surface area contributed by atoms with Crippen molar-refractivity contribution in [2.75, 3.05) is 26.6 Å². The van der Waals surface area contributed by atoms with E-state index < -0.39 is 11.9 Å². The number of carbonyl (C=O) groups is 2. The molecule has 0 radical (unpaired) electrons. The lowest BCUT2D eigenvalue weighted by Crippen LogP contribution is -2.43. The normalized spacial score (nSPS) is 12.7. The Hall–Kier alpha value is -4.04. The Morgan fingerprint density at radius 2 is 1.78 bits per heavy atom. The quantitative estimate of drug-likeness (QED) is 0.394. The molecule has 0 spiro atoms. The molecule has 4 rings (SSSR count). The molecule has 0 unspecified atom stereocenters. The largest absolute Gasteiger partial charge is 0.507 e. The van der Waals surface area contributed by atoms with Crippen LogP contribution in [0.15, 0.2) is 72.8 Å². The van der Waals surface area contributed by atoms with Gasteiger partial charge in [0, 0.05) is 26.3 Å². The predicted octanol–water partition coefficient (Wildman–Crippen LogP) is 4.05. The van der Waals surface area contributed by atoms with Crippen LogP contribution in [-0.2, 0) is 16.1 Å². The number of phenolic OH excluding ortho intramolecular Hbond substituents is 1. The van der Waals surface area contributed by atoms with Gasteiger partial charge >= 0.3 is 0 Å². The highest BCUT2D eigenvalue weighted by atomic mass is 16.7. The van der Waals surface area contributed by atoms with Gasteiger partial charge in [-0.15, -0.1) is 0 Å². The van der Waals surface area contributed by atoms with Gasteiger partial charge in [0.15, 0.2) is 11.5 Å². The van der Waals surface area contributed by atoms with E-state index in [-0.39, 0.29) is 30.6 Å². The van der Waals surface area contributed by atoms with E-state index in [0.717, 1.165) is 5.56 Å². The van der Waals surface area contributed by atoms with E-state index in [1.165, 1.54) is 11.0 Å². The van der Waals surface area contributed by atoms with E-state index in [0.29, 0.717) is 43.2 Å². The summed E-state index contributed by atoms with van der Waals surface area (Å²) in [5, 5.41) is 13.4. The second kappa shape index (κ2) is 12.1. The number of benzene rings is 3. The molecule has 3 aromatic rings. The lowest BCUT2D eigenvalue weighted by atomic mass is 10.0. The van der Waals surface area contributed by atoms with Crippen LogP contribution in [0.2, 0.25) is 0 Å². The number of amides is 2. The Balaban J connectivity index is 1.69. The van der Waals surface area contributed by atoms with Gasteiger partial charge in [-0.05, 0) is 48.7 Å². The van der Waals surface area contributed by atoms with Crippen molar-refractivity contribution >= 4 is 11.8 Å². The molecule has 8 heteroatoms. The van der Waals surface area contributed by atoms with Crippen LogP contribution in [0.1, 0.15) is 40.9 Å². The van der Waals surface area contributed by atoms with Gasteiger partial charge in [0.2, 0.25) is 12.7 Å². The highest BCUT2D eigenvalue weighted by molar-refractivity contribution is 5.99. The molecule has 2 N–H and O–H groups in total. The number of nitrogens with one attached hydrogen (secondary N) is 1. The third-order valence-corrected chi connectivity index (χ3v) is 5.83. The second-order valence-corrected chi connectivity index (χ2v) is 8.29. The van der Waals surface area contributed by atoms with E-state index in [9.17, 15) is 14.7 Å². The molecule has 0 bridgehead atoms. The Morgan fingerprint density at radius 3 is 2.56 bits per heavy atom. The molecule has 3 aromatic carbocycles. The third-order valence-electron chi connectivity index (χ3n) is 5.83. The topological polar surface area (TPSA) is 97.3 Å². The zero-order chi connectivity index (χ0) is 25.3. The molecule has 0 aromatic heterocycles. The van der Waals surface area contributed by atoms with Crippen LogP contribution >= 0.6 is 0 Å². The summed E-state index contributed by atoms with van der Waals surface area (Å²) in [5.41, 5.74) is 1.53. The molecule has 0 saturated carbocycles. The van der Waals surface area contributed by atoms with Crippen molar-refractivity contribution in [3.63, 3.8) is 0 Å². The average molecular weight is 491 g/mol. The zero-order valence-corrected chi connectivity index (χ0v) is 20.2. The first-order chi connectivity index (χ1) is 17.6. The van der Waals surface area contributed by atoms with Crippen LogP contribution in [0.5, 0.6) is 17.2 Å². The third kappa shape index (κ3) is 5.95. The molecule has 8 nitrogen and oxygen atoms in total. The van der Waals surface area contributed by atoms with Crippen LogP contribution in [-0.4, -0.2) is 48.4 Å². The number of fused-ring (bicyclic) bond motifs is 1. The van der Waals surface area contributed by atoms with Crippen molar-refractivity contribution in [3.8, 4) is 17.2 Å². The summed E-state index contributed by atoms with van der Waals surface area (Å²) in [6, 6.07) is 20.0. The summed E-state index contributed by atoms with van der Waals surface area (Å²) in [6.45, 7) is 3.71. The Labute approximate surface area is 210 Å². The number of hydrogen-bond donors (Lipinski definition) is 2. The van der Waals surface area contributed by atoms with Gasteiger partial charge in [0.05, 0.1) is 5.56 Å². The molecule has 1 heterocycles. The van der Waals surface area contributed by atoms with Gasteiger partial charge < -0.3 is 29.5 Å². The van der Waals surface area contributed by atoms with Gasteiger partial charge in [-0.3, -0.25) is 9.59 Å². The molecular formula is C28H30N2O6. The summed E-state index contributed by atoms with van der Waals surface area (Å²) in [5.74, 6) is 0.275. The SMILES string of the molecule is CCOCCCNC(=O)[C@@H](c1ccccc1)N(Cc1ccc2c(c1)OCO2)C(=O)c1ccccc1O. The number of ether oxygens (including phenoxy) is 3. The number of nitrogens with zero attached hydrogens (tertiary/aromatic N) is 1. The summed E-state index contributed by atoms with van der Waals surface area (Å²) >= 11 is 0. The number of hydrogen-bond acceptors (Lipinski definition) is 6. The van der Waals surface area contributed by atoms with Crippen LogP contribution in [0, 0.1) is 0 Å². The highest BCUT2D eigenvalue weighted by Crippen LogP contribution is 2.34. The minimum absolute atomic E-state index is 0.107. The van der Waals surface area contributed by atoms with E-state index in [1.54, 1.807) is 30.3 Å². The van der Waals surface area contributed by atoms with E-state index >= 15 is 0 Å². The first kappa shape index (κ1) is 25.1. The molecule has 0 aliphatic carbocycles. The fourth-order valence-corrected chi connectivity index (χ4v) is 4.06. The zero-order valence-electron chi connectivity index (χ0n) is 20.2. The van der Waals surface area contributed by atoms with Gasteiger partial charge in [-0.1, -0.05) is 48.5 Å². The fourth-order valence-electron chi connectivity index (χ4n) is 4.06. The predicted molar refractivity (Wildman–Crippen MR) is 134 cm³/mol. The molecule has 0 saturated heterocycles. The standard InChI is InChI=1S/C28H30N2O6/c1-2-34-16-8-15-29-27(32)26(21-9-4-3-5-10-21)30(28(33)22-11-6-7-12-23(22)31)18-20-13-14-24-25(17-20)36-19-35-24/h3-7,9-14,17,26,31H,2,8,15-16,18-19H2,1H3,(H,29,32)/t26-/m1/s1. The Bertz CT molecular complexity index is 1180. The molecule has 36 heavy (non-hydrogen) atoms. The van der Waals surface area contributed by atoms with Crippen LogP contribution in [0.25, 0.3) is 0 Å². The fraction of sp³-hybridized carbons (Fsp3) is 0.286. The summed E-state index contributed by atoms with van der Waals surface area (Å²) in [4.78, 5) is 28.9. The molecule has 1 aliphatic heterocycles. The maximum absolute atomic E-state index is 13.8. The summed E-state index contributed by atoms with van der Waals surface area (Å²) in [7, 11) is 0. The Kier molecular flexibility index (Phi) is 8.41. The van der Waals surface area contributed by atoms with E-state index in [2.05, 4.69) is 5.32 Å². The first-order valence-corrected chi connectivity index (χ1v) is 12.0. The lowest BCUT2D eigenvalue weighted by Gasteiger charge is -2.32. The van der Waals surface area contributed by atoms with Crippen LogP contribution < -0.4 is 14.8 Å². The van der Waals surface area contributed by atoms with Crippen molar-refractivity contribution in [3.05, 3.63) is 89.5 Å². The number of phenols is 1. The van der Waals surface area contributed by atoms with Gasteiger partial charge in [-0.2, -0.15) is 0 Å². The monoisotopic (exact) mass is 490 g/mol. The van der Waals surface area contributed by atoms with Crippen LogP contribution in [0.3, 0.4) is 0 Å². The number of para-hydroxylation sites is 1. The molecule has 188 valence electrons. The van der Waals surface area contributed by atoms with Gasteiger partial charge in [0.25, 0.3) is 5.91 Å². The molecule has 2 amide bonds. The summed E-state index contributed by atoms with van der Waals surface area (Å²) in [6.07, 6.45) is 0.649. The maximum Gasteiger partial charge on any atom is 0.258 e.